The largest absolute Gasteiger partial charge is 0.462 e. The fourth-order valence-electron chi connectivity index (χ4n) is 1.96. The summed E-state index contributed by atoms with van der Waals surface area (Å²) in [5, 5.41) is 0. The lowest BCUT2D eigenvalue weighted by molar-refractivity contribution is 0.0525. The molecular formula is C15H12BrN3O2. The zero-order valence-corrected chi connectivity index (χ0v) is 12.9. The van der Waals surface area contributed by atoms with Gasteiger partial charge in [0.1, 0.15) is 0 Å². The van der Waals surface area contributed by atoms with Gasteiger partial charge in [0, 0.05) is 28.6 Å². The summed E-state index contributed by atoms with van der Waals surface area (Å²) in [5.74, 6) is 0.159. The van der Waals surface area contributed by atoms with Gasteiger partial charge in [0.05, 0.1) is 17.9 Å². The number of halogens is 1. The van der Waals surface area contributed by atoms with Gasteiger partial charge in [0.2, 0.25) is 5.78 Å². The van der Waals surface area contributed by atoms with Crippen LogP contribution in [0.5, 0.6) is 0 Å². The monoisotopic (exact) mass is 345 g/mol. The van der Waals surface area contributed by atoms with Gasteiger partial charge in [-0.3, -0.25) is 4.40 Å². The van der Waals surface area contributed by atoms with E-state index < -0.39 is 0 Å². The maximum atomic E-state index is 11.7. The van der Waals surface area contributed by atoms with Gasteiger partial charge >= 0.3 is 5.97 Å². The Morgan fingerprint density at radius 3 is 2.76 bits per heavy atom. The van der Waals surface area contributed by atoms with Crippen LogP contribution < -0.4 is 0 Å². The molecule has 0 atom stereocenters. The summed E-state index contributed by atoms with van der Waals surface area (Å²) < 4.78 is 7.70. The summed E-state index contributed by atoms with van der Waals surface area (Å²) in [5.41, 5.74) is 2.20. The molecular weight excluding hydrogens is 334 g/mol. The van der Waals surface area contributed by atoms with E-state index in [2.05, 4.69) is 25.9 Å². The second-order valence-corrected chi connectivity index (χ2v) is 5.32. The molecule has 5 nitrogen and oxygen atoms in total. The molecule has 2 aromatic heterocycles. The Morgan fingerprint density at radius 2 is 2.05 bits per heavy atom. The maximum Gasteiger partial charge on any atom is 0.341 e. The number of nitrogens with zero attached hydrogens (tertiary/aromatic N) is 3. The molecule has 1 aromatic carbocycles. The van der Waals surface area contributed by atoms with E-state index in [1.807, 2.05) is 30.5 Å². The van der Waals surface area contributed by atoms with E-state index in [1.54, 1.807) is 17.5 Å². The Labute approximate surface area is 129 Å². The lowest BCUT2D eigenvalue weighted by Gasteiger charge is -2.00. The molecule has 0 aliphatic rings. The molecule has 21 heavy (non-hydrogen) atoms. The first-order valence-corrected chi connectivity index (χ1v) is 7.24. The van der Waals surface area contributed by atoms with Crippen molar-refractivity contribution in [3.05, 3.63) is 52.9 Å². The highest BCUT2D eigenvalue weighted by atomic mass is 79.9. The quantitative estimate of drug-likeness (QED) is 0.683. The fourth-order valence-corrected chi connectivity index (χ4v) is 2.23. The number of ether oxygens (including phenoxy) is 1. The number of rotatable bonds is 3. The molecule has 0 saturated heterocycles. The van der Waals surface area contributed by atoms with Crippen LogP contribution >= 0.6 is 15.9 Å². The number of benzene rings is 1. The molecule has 3 aromatic rings. The topological polar surface area (TPSA) is 56.5 Å². The number of imidazole rings is 1. The van der Waals surface area contributed by atoms with Gasteiger partial charge in [-0.2, -0.15) is 0 Å². The zero-order chi connectivity index (χ0) is 14.8. The molecule has 0 aliphatic carbocycles. The average Bonchev–Trinajstić information content (AvgIpc) is 2.91. The molecule has 3 rings (SSSR count). The van der Waals surface area contributed by atoms with Crippen LogP contribution in [0.25, 0.3) is 17.0 Å². The summed E-state index contributed by atoms with van der Waals surface area (Å²) in [6.45, 7) is 2.11. The van der Waals surface area contributed by atoms with E-state index in [-0.39, 0.29) is 5.97 Å². The third-order valence-electron chi connectivity index (χ3n) is 2.96. The molecule has 0 bridgehead atoms. The minimum atomic E-state index is -0.384. The van der Waals surface area contributed by atoms with Crippen molar-refractivity contribution in [2.45, 2.75) is 6.92 Å². The van der Waals surface area contributed by atoms with Crippen molar-refractivity contribution in [1.82, 2.24) is 14.4 Å². The second kappa shape index (κ2) is 5.65. The average molecular weight is 346 g/mol. The number of aromatic nitrogens is 3. The number of hydrogen-bond acceptors (Lipinski definition) is 4. The molecule has 6 heteroatoms. The Balaban J connectivity index is 2.00. The fraction of sp³-hybridized carbons (Fsp3) is 0.133. The van der Waals surface area contributed by atoms with Crippen LogP contribution in [0.4, 0.5) is 0 Å². The van der Waals surface area contributed by atoms with Crippen LogP contribution in [0.3, 0.4) is 0 Å². The number of fused-ring (bicyclic) bond motifs is 1. The molecule has 0 aliphatic heterocycles. The Kier molecular flexibility index (Phi) is 3.70. The lowest BCUT2D eigenvalue weighted by atomic mass is 10.2. The smallest absolute Gasteiger partial charge is 0.341 e. The first kappa shape index (κ1) is 13.8. The normalized spacial score (nSPS) is 10.8. The molecule has 0 N–H and O–H groups in total. The van der Waals surface area contributed by atoms with Crippen molar-refractivity contribution >= 4 is 27.7 Å². The SMILES string of the molecule is CCOC(=O)c1cnc2nc(-c3ccc(Br)cc3)cn2c1. The lowest BCUT2D eigenvalue weighted by Crippen LogP contribution is -2.06. The summed E-state index contributed by atoms with van der Waals surface area (Å²) >= 11 is 3.40. The highest BCUT2D eigenvalue weighted by Gasteiger charge is 2.10. The molecule has 106 valence electrons. The maximum absolute atomic E-state index is 11.7. The minimum Gasteiger partial charge on any atom is -0.462 e. The van der Waals surface area contributed by atoms with Gasteiger partial charge in [-0.1, -0.05) is 28.1 Å². The summed E-state index contributed by atoms with van der Waals surface area (Å²) in [6.07, 6.45) is 5.00. The molecule has 0 unspecified atom stereocenters. The van der Waals surface area contributed by atoms with Crippen molar-refractivity contribution < 1.29 is 9.53 Å². The number of esters is 1. The van der Waals surface area contributed by atoms with E-state index in [0.29, 0.717) is 17.9 Å². The highest BCUT2D eigenvalue weighted by molar-refractivity contribution is 9.10. The van der Waals surface area contributed by atoms with Crippen LogP contribution in [0.1, 0.15) is 17.3 Å². The highest BCUT2D eigenvalue weighted by Crippen LogP contribution is 2.21. The van der Waals surface area contributed by atoms with E-state index in [4.69, 9.17) is 4.74 Å². The number of hydrogen-bond donors (Lipinski definition) is 0. The van der Waals surface area contributed by atoms with E-state index in [9.17, 15) is 4.79 Å². The molecule has 0 spiro atoms. The van der Waals surface area contributed by atoms with Gasteiger partial charge in [0.25, 0.3) is 0 Å². The predicted molar refractivity (Wildman–Crippen MR) is 82.1 cm³/mol. The molecule has 0 saturated carbocycles. The van der Waals surface area contributed by atoms with Gasteiger partial charge in [0.15, 0.2) is 0 Å². The summed E-state index contributed by atoms with van der Waals surface area (Å²) in [7, 11) is 0. The molecule has 0 fully saturated rings. The van der Waals surface area contributed by atoms with Gasteiger partial charge < -0.3 is 4.74 Å². The summed E-state index contributed by atoms with van der Waals surface area (Å²) in [6, 6.07) is 7.85. The van der Waals surface area contributed by atoms with Crippen molar-refractivity contribution in [3.8, 4) is 11.3 Å². The van der Waals surface area contributed by atoms with Crippen molar-refractivity contribution in [2.24, 2.45) is 0 Å². The standard InChI is InChI=1S/C15H12BrN3O2/c1-2-21-14(20)11-7-17-15-18-13(9-19(15)8-11)10-3-5-12(16)6-4-10/h3-9H,2H2,1H3. The van der Waals surface area contributed by atoms with Crippen LogP contribution in [0.15, 0.2) is 47.3 Å². The Morgan fingerprint density at radius 1 is 1.29 bits per heavy atom. The van der Waals surface area contributed by atoms with E-state index >= 15 is 0 Å². The van der Waals surface area contributed by atoms with Crippen LogP contribution in [0, 0.1) is 0 Å². The number of carbonyl (C=O) groups is 1. The van der Waals surface area contributed by atoms with Crippen LogP contribution in [-0.2, 0) is 4.74 Å². The van der Waals surface area contributed by atoms with Crippen LogP contribution in [0.2, 0.25) is 0 Å². The molecule has 0 amide bonds. The first-order chi connectivity index (χ1) is 10.2. The minimum absolute atomic E-state index is 0.338. The van der Waals surface area contributed by atoms with E-state index in [0.717, 1.165) is 15.7 Å². The van der Waals surface area contributed by atoms with Gasteiger partial charge in [-0.15, -0.1) is 0 Å². The third kappa shape index (κ3) is 2.80. The van der Waals surface area contributed by atoms with Crippen molar-refractivity contribution in [1.29, 1.82) is 0 Å². The second-order valence-electron chi connectivity index (χ2n) is 4.40. The summed E-state index contributed by atoms with van der Waals surface area (Å²) in [4.78, 5) is 20.3. The van der Waals surface area contributed by atoms with Crippen molar-refractivity contribution in [2.75, 3.05) is 6.61 Å². The van der Waals surface area contributed by atoms with E-state index in [1.165, 1.54) is 6.20 Å². The molecule has 0 radical (unpaired) electrons. The molecule has 2 heterocycles. The van der Waals surface area contributed by atoms with Gasteiger partial charge in [-0.05, 0) is 19.1 Å². The Bertz CT molecular complexity index is 796. The predicted octanol–water partition coefficient (Wildman–Crippen LogP) is 3.34. The Hall–Kier alpha value is -2.21. The number of carbonyl (C=O) groups excluding carboxylic acids is 1. The van der Waals surface area contributed by atoms with Gasteiger partial charge in [-0.25, -0.2) is 14.8 Å². The zero-order valence-electron chi connectivity index (χ0n) is 11.3. The van der Waals surface area contributed by atoms with Crippen molar-refractivity contribution in [3.63, 3.8) is 0 Å². The first-order valence-electron chi connectivity index (χ1n) is 6.45. The van der Waals surface area contributed by atoms with Crippen LogP contribution in [-0.4, -0.2) is 26.9 Å². The third-order valence-corrected chi connectivity index (χ3v) is 3.49.